The Morgan fingerprint density at radius 2 is 2.23 bits per heavy atom. The SMILES string of the molecule is CN1c2nc(Cl)ncc2N(CC(F)(F)F)C(=O)C12CCOC2. The summed E-state index contributed by atoms with van der Waals surface area (Å²) in [6.07, 6.45) is -3.12. The van der Waals surface area contributed by atoms with Gasteiger partial charge in [-0.05, 0) is 11.6 Å². The van der Waals surface area contributed by atoms with Gasteiger partial charge in [0, 0.05) is 20.1 Å². The fourth-order valence-electron chi connectivity index (χ4n) is 2.81. The number of aromatic nitrogens is 2. The van der Waals surface area contributed by atoms with Crippen molar-refractivity contribution in [1.29, 1.82) is 0 Å². The van der Waals surface area contributed by atoms with Crippen molar-refractivity contribution in [2.75, 3.05) is 36.6 Å². The van der Waals surface area contributed by atoms with Gasteiger partial charge in [0.05, 0.1) is 12.8 Å². The summed E-state index contributed by atoms with van der Waals surface area (Å²) in [5, 5.41) is -0.0963. The molecule has 10 heteroatoms. The van der Waals surface area contributed by atoms with Crippen LogP contribution in [0.4, 0.5) is 24.7 Å². The number of carbonyl (C=O) groups excluding carboxylic acids is 1. The number of hydrogen-bond donors (Lipinski definition) is 0. The van der Waals surface area contributed by atoms with E-state index in [1.807, 2.05) is 0 Å². The number of amides is 1. The maximum absolute atomic E-state index is 12.9. The zero-order valence-electron chi connectivity index (χ0n) is 11.5. The molecule has 3 heterocycles. The lowest BCUT2D eigenvalue weighted by Crippen LogP contribution is -2.64. The molecule has 0 aromatic carbocycles. The van der Waals surface area contributed by atoms with Crippen LogP contribution in [0.2, 0.25) is 5.28 Å². The van der Waals surface area contributed by atoms with Crippen LogP contribution in [0.25, 0.3) is 0 Å². The second-order valence-corrected chi connectivity index (χ2v) is 5.59. The number of nitrogens with zero attached hydrogens (tertiary/aromatic N) is 4. The molecule has 0 N–H and O–H groups in total. The average molecular weight is 337 g/mol. The molecule has 3 rings (SSSR count). The summed E-state index contributed by atoms with van der Waals surface area (Å²) in [5.41, 5.74) is -1.19. The monoisotopic (exact) mass is 336 g/mol. The summed E-state index contributed by atoms with van der Waals surface area (Å²) in [6.45, 7) is -1.10. The minimum Gasteiger partial charge on any atom is -0.378 e. The second kappa shape index (κ2) is 4.95. The van der Waals surface area contributed by atoms with Crippen LogP contribution < -0.4 is 9.80 Å². The molecule has 1 unspecified atom stereocenters. The van der Waals surface area contributed by atoms with Crippen molar-refractivity contribution in [3.63, 3.8) is 0 Å². The van der Waals surface area contributed by atoms with Gasteiger partial charge >= 0.3 is 6.18 Å². The molecule has 1 fully saturated rings. The van der Waals surface area contributed by atoms with Gasteiger partial charge in [0.25, 0.3) is 5.91 Å². The molecule has 0 radical (unpaired) electrons. The van der Waals surface area contributed by atoms with Crippen molar-refractivity contribution in [2.24, 2.45) is 0 Å². The summed E-state index contributed by atoms with van der Waals surface area (Å²) in [4.78, 5) is 22.6. The molecule has 1 aromatic heterocycles. The maximum Gasteiger partial charge on any atom is 0.406 e. The lowest BCUT2D eigenvalue weighted by molar-refractivity contribution is -0.136. The van der Waals surface area contributed by atoms with Crippen LogP contribution in [0, 0.1) is 0 Å². The van der Waals surface area contributed by atoms with Crippen molar-refractivity contribution in [3.05, 3.63) is 11.5 Å². The molecule has 1 amide bonds. The molecule has 0 bridgehead atoms. The van der Waals surface area contributed by atoms with E-state index in [-0.39, 0.29) is 29.8 Å². The van der Waals surface area contributed by atoms with E-state index in [0.29, 0.717) is 11.5 Å². The van der Waals surface area contributed by atoms with Gasteiger partial charge in [-0.1, -0.05) is 0 Å². The van der Waals surface area contributed by atoms with Gasteiger partial charge in [0.1, 0.15) is 17.8 Å². The highest BCUT2D eigenvalue weighted by Crippen LogP contribution is 2.42. The zero-order valence-corrected chi connectivity index (χ0v) is 12.3. The van der Waals surface area contributed by atoms with Crippen molar-refractivity contribution >= 4 is 29.0 Å². The quantitative estimate of drug-likeness (QED) is 0.730. The third kappa shape index (κ3) is 2.28. The van der Waals surface area contributed by atoms with E-state index in [1.165, 1.54) is 4.90 Å². The van der Waals surface area contributed by atoms with E-state index in [0.717, 1.165) is 6.20 Å². The first-order chi connectivity index (χ1) is 10.2. The van der Waals surface area contributed by atoms with Crippen LogP contribution in [-0.4, -0.2) is 54.4 Å². The summed E-state index contributed by atoms with van der Waals surface area (Å²) in [5.74, 6) is -0.474. The minimum atomic E-state index is -4.54. The highest BCUT2D eigenvalue weighted by molar-refractivity contribution is 6.28. The molecule has 0 aliphatic carbocycles. The Balaban J connectivity index is 2.13. The van der Waals surface area contributed by atoms with Crippen LogP contribution in [0.1, 0.15) is 6.42 Å². The number of hydrogen-bond acceptors (Lipinski definition) is 5. The molecule has 0 saturated carbocycles. The topological polar surface area (TPSA) is 58.6 Å². The predicted molar refractivity (Wildman–Crippen MR) is 72.0 cm³/mol. The summed E-state index contributed by atoms with van der Waals surface area (Å²) in [7, 11) is 1.60. The lowest BCUT2D eigenvalue weighted by atomic mass is 9.91. The number of anilines is 2. The molecule has 2 aliphatic heterocycles. The third-order valence-corrected chi connectivity index (χ3v) is 4.13. The van der Waals surface area contributed by atoms with Gasteiger partial charge in [-0.15, -0.1) is 0 Å². The van der Waals surface area contributed by atoms with E-state index < -0.39 is 24.2 Å². The number of likely N-dealkylation sites (N-methyl/N-ethyl adjacent to an activating group) is 1. The smallest absolute Gasteiger partial charge is 0.378 e. The first kappa shape index (κ1) is 15.3. The fraction of sp³-hybridized carbons (Fsp3) is 0.583. The van der Waals surface area contributed by atoms with Crippen LogP contribution in [0.3, 0.4) is 0 Å². The van der Waals surface area contributed by atoms with Gasteiger partial charge in [-0.3, -0.25) is 9.69 Å². The highest BCUT2D eigenvalue weighted by Gasteiger charge is 2.54. The molecule has 2 aliphatic rings. The van der Waals surface area contributed by atoms with Crippen molar-refractivity contribution < 1.29 is 22.7 Å². The molecule has 1 atom stereocenters. The van der Waals surface area contributed by atoms with Crippen LogP contribution >= 0.6 is 11.6 Å². The number of fused-ring (bicyclic) bond motifs is 1. The molecule has 6 nitrogen and oxygen atoms in total. The number of rotatable bonds is 1. The second-order valence-electron chi connectivity index (χ2n) is 5.25. The summed E-state index contributed by atoms with van der Waals surface area (Å²) in [6, 6.07) is 0. The number of ether oxygens (including phenoxy) is 1. The van der Waals surface area contributed by atoms with E-state index in [2.05, 4.69) is 9.97 Å². The van der Waals surface area contributed by atoms with Crippen molar-refractivity contribution in [2.45, 2.75) is 18.1 Å². The Morgan fingerprint density at radius 3 is 2.82 bits per heavy atom. The van der Waals surface area contributed by atoms with E-state index >= 15 is 0 Å². The maximum atomic E-state index is 12.9. The Hall–Kier alpha value is -1.61. The van der Waals surface area contributed by atoms with E-state index in [4.69, 9.17) is 16.3 Å². The van der Waals surface area contributed by atoms with Gasteiger partial charge < -0.3 is 9.64 Å². The fourth-order valence-corrected chi connectivity index (χ4v) is 2.94. The van der Waals surface area contributed by atoms with E-state index in [1.54, 1.807) is 7.05 Å². The molecule has 120 valence electrons. The van der Waals surface area contributed by atoms with Crippen molar-refractivity contribution in [3.8, 4) is 0 Å². The van der Waals surface area contributed by atoms with Gasteiger partial charge in [-0.25, -0.2) is 4.98 Å². The first-order valence-electron chi connectivity index (χ1n) is 6.47. The number of carbonyl (C=O) groups is 1. The van der Waals surface area contributed by atoms with E-state index in [9.17, 15) is 18.0 Å². The molecular formula is C12H12ClF3N4O2. The molecule has 1 spiro atoms. The average Bonchev–Trinajstić information content (AvgIpc) is 2.91. The Kier molecular flexibility index (Phi) is 3.44. The Labute approximate surface area is 128 Å². The highest BCUT2D eigenvalue weighted by atomic mass is 35.5. The minimum absolute atomic E-state index is 0.00764. The summed E-state index contributed by atoms with van der Waals surface area (Å²) < 4.78 is 43.8. The van der Waals surface area contributed by atoms with Gasteiger partial charge in [0.2, 0.25) is 5.28 Å². The molecule has 1 aromatic rings. The summed E-state index contributed by atoms with van der Waals surface area (Å²) >= 11 is 5.75. The normalized spacial score (nSPS) is 25.0. The Morgan fingerprint density at radius 1 is 1.50 bits per heavy atom. The van der Waals surface area contributed by atoms with Crippen LogP contribution in [0.15, 0.2) is 6.20 Å². The predicted octanol–water partition coefficient (Wildman–Crippen LogP) is 1.63. The number of halogens is 4. The Bertz CT molecular complexity index is 619. The lowest BCUT2D eigenvalue weighted by Gasteiger charge is -2.45. The zero-order chi connectivity index (χ0) is 16.1. The standard InChI is InChI=1S/C12H12ClF3N4O2/c1-19-8-7(4-17-10(13)18-8)20(5-12(14,15)16)9(21)11(19)2-3-22-6-11/h4H,2-3,5-6H2,1H3. The third-order valence-electron chi connectivity index (χ3n) is 3.95. The first-order valence-corrected chi connectivity index (χ1v) is 6.85. The van der Waals surface area contributed by atoms with Crippen molar-refractivity contribution in [1.82, 2.24) is 9.97 Å². The molecular weight excluding hydrogens is 325 g/mol. The van der Waals surface area contributed by atoms with Crippen LogP contribution in [0.5, 0.6) is 0 Å². The number of alkyl halides is 3. The largest absolute Gasteiger partial charge is 0.406 e. The van der Waals surface area contributed by atoms with Crippen LogP contribution in [-0.2, 0) is 9.53 Å². The molecule has 22 heavy (non-hydrogen) atoms. The molecule has 1 saturated heterocycles. The van der Waals surface area contributed by atoms with Gasteiger partial charge in [0.15, 0.2) is 5.82 Å². The van der Waals surface area contributed by atoms with Gasteiger partial charge in [-0.2, -0.15) is 18.2 Å².